The van der Waals surface area contributed by atoms with Crippen molar-refractivity contribution in [1.29, 1.82) is 0 Å². The van der Waals surface area contributed by atoms with E-state index >= 15 is 0 Å². The maximum Gasteiger partial charge on any atom is 0.456 e. The van der Waals surface area contributed by atoms with Crippen molar-refractivity contribution in [2.24, 2.45) is 0 Å². The van der Waals surface area contributed by atoms with Gasteiger partial charge in [-0.3, -0.25) is 4.79 Å². The highest BCUT2D eigenvalue weighted by Gasteiger charge is 2.25. The molecule has 25 heavy (non-hydrogen) atoms. The van der Waals surface area contributed by atoms with Crippen molar-refractivity contribution in [1.82, 2.24) is 5.32 Å². The second-order valence-corrected chi connectivity index (χ2v) is 6.33. The summed E-state index contributed by atoms with van der Waals surface area (Å²) in [5, 5.41) is 21.9. The van der Waals surface area contributed by atoms with Gasteiger partial charge in [0.2, 0.25) is 0 Å². The SMILES string of the molecule is [NH3+]C(Cc1ccccc1)C(=O)NCC(CCc1ccccc1)B(O)O. The number of carbonyl (C=O) groups is 1. The van der Waals surface area contributed by atoms with E-state index in [1.165, 1.54) is 0 Å². The predicted octanol–water partition coefficient (Wildman–Crippen LogP) is 0.432. The molecule has 0 aliphatic rings. The Balaban J connectivity index is 1.80. The Morgan fingerprint density at radius 1 is 1.00 bits per heavy atom. The third-order valence-corrected chi connectivity index (χ3v) is 4.30. The van der Waals surface area contributed by atoms with E-state index in [2.05, 4.69) is 11.1 Å². The van der Waals surface area contributed by atoms with Crippen LogP contribution in [0.25, 0.3) is 0 Å². The number of quaternary nitrogens is 1. The lowest BCUT2D eigenvalue weighted by atomic mass is 9.70. The molecule has 2 aromatic carbocycles. The van der Waals surface area contributed by atoms with Crippen molar-refractivity contribution in [3.05, 3.63) is 71.8 Å². The molecule has 2 unspecified atom stereocenters. The average molecular weight is 341 g/mol. The zero-order valence-corrected chi connectivity index (χ0v) is 14.3. The van der Waals surface area contributed by atoms with Crippen LogP contribution in [0.3, 0.4) is 0 Å². The summed E-state index contributed by atoms with van der Waals surface area (Å²) in [7, 11) is -1.46. The van der Waals surface area contributed by atoms with Gasteiger partial charge in [-0.15, -0.1) is 0 Å². The van der Waals surface area contributed by atoms with Crippen LogP contribution in [-0.4, -0.2) is 35.7 Å². The molecular weight excluding hydrogens is 315 g/mol. The predicted molar refractivity (Wildman–Crippen MR) is 98.5 cm³/mol. The molecule has 6 N–H and O–H groups in total. The van der Waals surface area contributed by atoms with Gasteiger partial charge in [0, 0.05) is 18.8 Å². The third kappa shape index (κ3) is 6.70. The topological polar surface area (TPSA) is 97.2 Å². The Labute approximate surface area is 149 Å². The van der Waals surface area contributed by atoms with Crippen LogP contribution in [0.15, 0.2) is 60.7 Å². The molecule has 0 aromatic heterocycles. The van der Waals surface area contributed by atoms with E-state index < -0.39 is 19.0 Å². The Morgan fingerprint density at radius 2 is 1.56 bits per heavy atom. The largest absolute Gasteiger partial charge is 0.456 e. The second-order valence-electron chi connectivity index (χ2n) is 6.33. The summed E-state index contributed by atoms with van der Waals surface area (Å²) in [6, 6.07) is 19.2. The first kappa shape index (κ1) is 19.2. The van der Waals surface area contributed by atoms with Crippen LogP contribution in [-0.2, 0) is 17.6 Å². The second kappa shape index (κ2) is 9.98. The van der Waals surface area contributed by atoms with E-state index in [-0.39, 0.29) is 12.5 Å². The fourth-order valence-corrected chi connectivity index (χ4v) is 2.72. The lowest BCUT2D eigenvalue weighted by molar-refractivity contribution is -0.403. The number of hydrogen-bond donors (Lipinski definition) is 4. The third-order valence-electron chi connectivity index (χ3n) is 4.30. The molecule has 6 heteroatoms. The molecular formula is C19H26BN2O3+. The van der Waals surface area contributed by atoms with E-state index in [9.17, 15) is 14.8 Å². The Morgan fingerprint density at radius 3 is 2.12 bits per heavy atom. The molecule has 1 amide bonds. The van der Waals surface area contributed by atoms with Gasteiger partial charge in [-0.1, -0.05) is 60.7 Å². The molecule has 132 valence electrons. The zero-order valence-electron chi connectivity index (χ0n) is 14.3. The summed E-state index contributed by atoms with van der Waals surface area (Å²) in [6.07, 6.45) is 1.88. The lowest BCUT2D eigenvalue weighted by Gasteiger charge is -2.17. The Kier molecular flexibility index (Phi) is 7.66. The summed E-state index contributed by atoms with van der Waals surface area (Å²) in [5.41, 5.74) is 6.11. The quantitative estimate of drug-likeness (QED) is 0.498. The summed E-state index contributed by atoms with van der Waals surface area (Å²) >= 11 is 0. The van der Waals surface area contributed by atoms with Crippen LogP contribution in [0, 0.1) is 0 Å². The number of carbonyl (C=O) groups excluding carboxylic acids is 1. The van der Waals surface area contributed by atoms with Crippen LogP contribution < -0.4 is 11.1 Å². The van der Waals surface area contributed by atoms with Gasteiger partial charge in [0.05, 0.1) is 0 Å². The van der Waals surface area contributed by atoms with E-state index in [0.29, 0.717) is 12.8 Å². The molecule has 0 saturated heterocycles. The molecule has 0 aliphatic carbocycles. The number of rotatable bonds is 9. The molecule has 2 aromatic rings. The maximum atomic E-state index is 12.2. The van der Waals surface area contributed by atoms with E-state index in [1.807, 2.05) is 60.7 Å². The first-order valence-electron chi connectivity index (χ1n) is 8.61. The fourth-order valence-electron chi connectivity index (χ4n) is 2.72. The van der Waals surface area contributed by atoms with Crippen LogP contribution >= 0.6 is 0 Å². The van der Waals surface area contributed by atoms with Crippen molar-refractivity contribution < 1.29 is 20.6 Å². The molecule has 2 rings (SSSR count). The van der Waals surface area contributed by atoms with Gasteiger partial charge >= 0.3 is 7.12 Å². The van der Waals surface area contributed by atoms with Crippen molar-refractivity contribution in [2.75, 3.05) is 6.54 Å². The number of benzene rings is 2. The van der Waals surface area contributed by atoms with Crippen molar-refractivity contribution in [3.63, 3.8) is 0 Å². The highest BCUT2D eigenvalue weighted by atomic mass is 16.4. The minimum absolute atomic E-state index is 0.172. The van der Waals surface area contributed by atoms with Crippen molar-refractivity contribution >= 4 is 13.0 Å². The summed E-state index contributed by atoms with van der Waals surface area (Å²) in [6.45, 7) is 0.226. The first-order valence-corrected chi connectivity index (χ1v) is 8.61. The van der Waals surface area contributed by atoms with E-state index in [1.54, 1.807) is 0 Å². The smallest absolute Gasteiger partial charge is 0.427 e. The van der Waals surface area contributed by atoms with E-state index in [4.69, 9.17) is 0 Å². The van der Waals surface area contributed by atoms with Gasteiger partial charge in [0.1, 0.15) is 0 Å². The van der Waals surface area contributed by atoms with Gasteiger partial charge in [-0.25, -0.2) is 0 Å². The molecule has 5 nitrogen and oxygen atoms in total. The van der Waals surface area contributed by atoms with Gasteiger partial charge in [0.15, 0.2) is 6.04 Å². The van der Waals surface area contributed by atoms with Gasteiger partial charge in [-0.2, -0.15) is 0 Å². The van der Waals surface area contributed by atoms with Gasteiger partial charge in [-0.05, 0) is 24.0 Å². The van der Waals surface area contributed by atoms with Crippen molar-refractivity contribution in [2.45, 2.75) is 31.1 Å². The standard InChI is InChI=1S/C19H25BN2O3/c21-18(13-16-9-5-2-6-10-16)19(23)22-14-17(20(24)25)12-11-15-7-3-1-4-8-15/h1-10,17-18,24-25H,11-14,21H2,(H,22,23)/p+1. The molecule has 0 bridgehead atoms. The number of hydrogen-bond acceptors (Lipinski definition) is 3. The summed E-state index contributed by atoms with van der Waals surface area (Å²) in [4.78, 5) is 12.2. The number of aryl methyl sites for hydroxylation is 1. The van der Waals surface area contributed by atoms with Crippen LogP contribution in [0.2, 0.25) is 5.82 Å². The average Bonchev–Trinajstić information content (AvgIpc) is 2.62. The van der Waals surface area contributed by atoms with Crippen molar-refractivity contribution in [3.8, 4) is 0 Å². The lowest BCUT2D eigenvalue weighted by Crippen LogP contribution is -2.68. The first-order chi connectivity index (χ1) is 12.1. The molecule has 0 aliphatic heterocycles. The molecule has 0 saturated carbocycles. The summed E-state index contributed by atoms with van der Waals surface area (Å²) < 4.78 is 0. The minimum Gasteiger partial charge on any atom is -0.427 e. The fraction of sp³-hybridized carbons (Fsp3) is 0.316. The van der Waals surface area contributed by atoms with Crippen LogP contribution in [0.5, 0.6) is 0 Å². The Bertz CT molecular complexity index is 638. The van der Waals surface area contributed by atoms with Crippen LogP contribution in [0.1, 0.15) is 17.5 Å². The van der Waals surface area contributed by atoms with Gasteiger partial charge < -0.3 is 21.1 Å². The molecule has 2 atom stereocenters. The van der Waals surface area contributed by atoms with Gasteiger partial charge in [0.25, 0.3) is 5.91 Å². The molecule has 0 heterocycles. The number of amides is 1. The minimum atomic E-state index is -1.46. The number of nitrogens with one attached hydrogen (secondary N) is 1. The highest BCUT2D eigenvalue weighted by Crippen LogP contribution is 2.16. The highest BCUT2D eigenvalue weighted by molar-refractivity contribution is 6.43. The molecule has 0 spiro atoms. The van der Waals surface area contributed by atoms with E-state index in [0.717, 1.165) is 17.5 Å². The normalized spacial score (nSPS) is 13.1. The van der Waals surface area contributed by atoms with Crippen LogP contribution in [0.4, 0.5) is 0 Å². The maximum absolute atomic E-state index is 12.2. The molecule has 0 radical (unpaired) electrons. The Hall–Kier alpha value is -2.15. The monoisotopic (exact) mass is 341 g/mol. The summed E-state index contributed by atoms with van der Waals surface area (Å²) in [5.74, 6) is -0.581. The molecule has 0 fully saturated rings. The zero-order chi connectivity index (χ0) is 18.1.